The van der Waals surface area contributed by atoms with Crippen molar-refractivity contribution in [3.8, 4) is 11.9 Å². The molecule has 0 bridgehead atoms. The van der Waals surface area contributed by atoms with Gasteiger partial charge >= 0.3 is 0 Å². The maximum atomic E-state index is 14.4. The molecule has 0 radical (unpaired) electrons. The molecule has 9 rings (SSSR count). The number of carbonyl (C=O) groups is 2. The number of fused-ring (bicyclic) bond motifs is 3. The summed E-state index contributed by atoms with van der Waals surface area (Å²) >= 11 is 0. The first-order valence-electron chi connectivity index (χ1n) is 17.9. The highest BCUT2D eigenvalue weighted by Gasteiger charge is 2.56. The summed E-state index contributed by atoms with van der Waals surface area (Å²) < 4.78 is 28.2. The van der Waals surface area contributed by atoms with Crippen molar-refractivity contribution in [1.82, 2.24) is 19.4 Å². The second-order valence-electron chi connectivity index (χ2n) is 14.2. The normalized spacial score (nSPS) is 18.5. The highest BCUT2D eigenvalue weighted by Crippen LogP contribution is 2.55. The fourth-order valence-electron chi connectivity index (χ4n) is 7.44. The van der Waals surface area contributed by atoms with Gasteiger partial charge in [-0.2, -0.15) is 5.26 Å². The Kier molecular flexibility index (Phi) is 8.25. The topological polar surface area (TPSA) is 134 Å². The van der Waals surface area contributed by atoms with Crippen molar-refractivity contribution in [2.24, 2.45) is 0 Å². The van der Waals surface area contributed by atoms with E-state index in [1.807, 2.05) is 54.6 Å². The highest BCUT2D eigenvalue weighted by molar-refractivity contribution is 6.10. The number of halogens is 1. The van der Waals surface area contributed by atoms with Crippen LogP contribution in [0.4, 0.5) is 15.8 Å². The van der Waals surface area contributed by atoms with Gasteiger partial charge in [-0.3, -0.25) is 14.5 Å². The maximum Gasteiger partial charge on any atom is 0.255 e. The molecule has 3 aliphatic heterocycles. The summed E-state index contributed by atoms with van der Waals surface area (Å²) in [6.07, 6.45) is 5.75. The number of hydrogen-bond acceptors (Lipinski definition) is 8. The maximum absolute atomic E-state index is 14.4. The molecule has 1 spiro atoms. The van der Waals surface area contributed by atoms with Crippen LogP contribution < -0.4 is 15.4 Å². The smallest absolute Gasteiger partial charge is 0.255 e. The van der Waals surface area contributed by atoms with Crippen LogP contribution in [0.15, 0.2) is 78.9 Å². The molecule has 53 heavy (non-hydrogen) atoms. The summed E-state index contributed by atoms with van der Waals surface area (Å²) in [5.74, 6) is 0.656. The number of rotatable bonds is 10. The van der Waals surface area contributed by atoms with Gasteiger partial charge in [0.25, 0.3) is 5.91 Å². The second-order valence-corrected chi connectivity index (χ2v) is 14.2. The SMILES string of the molecule is N#Cc1ccc(COc2cccc(C3=CCN(Cc4nc5cc(C(=O)Nc6ccc7c(c6)C6(CC6)C(=O)N7)ccc5n4C[C@@H]4CCO4)CC3)n2)c(F)c1. The minimum Gasteiger partial charge on any atom is -0.473 e. The Morgan fingerprint density at radius 3 is 2.75 bits per heavy atom. The van der Waals surface area contributed by atoms with Crippen LogP contribution >= 0.6 is 0 Å². The molecule has 266 valence electrons. The van der Waals surface area contributed by atoms with E-state index in [-0.39, 0.29) is 30.1 Å². The zero-order valence-corrected chi connectivity index (χ0v) is 28.9. The van der Waals surface area contributed by atoms with E-state index in [9.17, 15) is 14.0 Å². The van der Waals surface area contributed by atoms with E-state index < -0.39 is 11.2 Å². The van der Waals surface area contributed by atoms with Crippen molar-refractivity contribution < 1.29 is 23.5 Å². The van der Waals surface area contributed by atoms with E-state index in [0.29, 0.717) is 42.3 Å². The average Bonchev–Trinajstić information content (AvgIpc) is 3.84. The number of hydrogen-bond donors (Lipinski definition) is 2. The van der Waals surface area contributed by atoms with Gasteiger partial charge in [0.2, 0.25) is 11.8 Å². The van der Waals surface area contributed by atoms with Crippen LogP contribution in [0.2, 0.25) is 0 Å². The Balaban J connectivity index is 0.887. The van der Waals surface area contributed by atoms with Crippen LogP contribution in [-0.4, -0.2) is 57.0 Å². The van der Waals surface area contributed by atoms with Gasteiger partial charge in [0.15, 0.2) is 0 Å². The Bertz CT molecular complexity index is 2370. The lowest BCUT2D eigenvalue weighted by molar-refractivity contribution is -0.117. The molecule has 1 aliphatic carbocycles. The third-order valence-electron chi connectivity index (χ3n) is 10.8. The molecule has 2 N–H and O–H groups in total. The molecular weight excluding hydrogens is 673 g/mol. The monoisotopic (exact) mass is 709 g/mol. The molecule has 3 aromatic carbocycles. The lowest BCUT2D eigenvalue weighted by Gasteiger charge is -2.29. The number of benzene rings is 3. The summed E-state index contributed by atoms with van der Waals surface area (Å²) in [7, 11) is 0. The van der Waals surface area contributed by atoms with Gasteiger partial charge in [-0.25, -0.2) is 14.4 Å². The molecule has 5 heterocycles. The van der Waals surface area contributed by atoms with Gasteiger partial charge in [-0.15, -0.1) is 0 Å². The third-order valence-corrected chi connectivity index (χ3v) is 10.8. The van der Waals surface area contributed by atoms with Crippen molar-refractivity contribution in [1.29, 1.82) is 5.26 Å². The largest absolute Gasteiger partial charge is 0.473 e. The molecule has 5 aromatic rings. The molecule has 2 aromatic heterocycles. The molecule has 1 atom stereocenters. The van der Waals surface area contributed by atoms with E-state index in [0.717, 1.165) is 78.2 Å². The quantitative estimate of drug-likeness (QED) is 0.172. The number of pyridine rings is 1. The van der Waals surface area contributed by atoms with Crippen molar-refractivity contribution in [2.45, 2.75) is 56.9 Å². The highest BCUT2D eigenvalue weighted by atomic mass is 19.1. The van der Waals surface area contributed by atoms with E-state index in [4.69, 9.17) is 19.7 Å². The average molecular weight is 710 g/mol. The van der Waals surface area contributed by atoms with Crippen LogP contribution in [-0.2, 0) is 34.6 Å². The molecule has 11 nitrogen and oxygen atoms in total. The minimum atomic E-state index is -0.481. The first kappa shape index (κ1) is 33.0. The number of aromatic nitrogens is 3. The van der Waals surface area contributed by atoms with Gasteiger partial charge < -0.3 is 24.7 Å². The predicted octanol–water partition coefficient (Wildman–Crippen LogP) is 6.34. The van der Waals surface area contributed by atoms with E-state index in [2.05, 4.69) is 31.2 Å². The molecule has 2 amide bonds. The number of carbonyl (C=O) groups excluding carboxylic acids is 2. The summed E-state index contributed by atoms with van der Waals surface area (Å²) in [4.78, 5) is 38.0. The fraction of sp³-hybridized carbons (Fsp3) is 0.293. The van der Waals surface area contributed by atoms with Crippen molar-refractivity contribution in [3.05, 3.63) is 118 Å². The molecule has 12 heteroatoms. The summed E-state index contributed by atoms with van der Waals surface area (Å²) in [6, 6.07) is 23.1. The van der Waals surface area contributed by atoms with Crippen LogP contribution in [0.1, 0.15) is 64.2 Å². The van der Waals surface area contributed by atoms with Crippen LogP contribution in [0, 0.1) is 17.1 Å². The predicted molar refractivity (Wildman–Crippen MR) is 196 cm³/mol. The number of nitrogens with one attached hydrogen (secondary N) is 2. The number of nitriles is 1. The number of amides is 2. The Morgan fingerprint density at radius 1 is 1.11 bits per heavy atom. The zero-order valence-electron chi connectivity index (χ0n) is 28.9. The van der Waals surface area contributed by atoms with Gasteiger partial charge in [-0.05, 0) is 91.4 Å². The standard InChI is InChI=1S/C41H36FN7O4/c42-32-18-25(21-43)4-5-28(32)24-53-38-3-1-2-33(46-38)26-10-15-48(16-11-26)23-37-45-35-19-27(6-9-36(35)49(37)22-30-12-17-52-30)39(50)44-29-7-8-34-31(20-29)41(13-14-41)40(51)47-34/h1-10,18-20,30H,11-17,22-24H2,(H,44,50)(H,47,51)/t30-/m0/s1. The number of anilines is 2. The first-order chi connectivity index (χ1) is 25.8. The molecule has 2 fully saturated rings. The Labute approximate surface area is 305 Å². The van der Waals surface area contributed by atoms with Crippen molar-refractivity contribution in [2.75, 3.05) is 30.3 Å². The summed E-state index contributed by atoms with van der Waals surface area (Å²) in [5.41, 5.74) is 6.80. The van der Waals surface area contributed by atoms with Crippen LogP contribution in [0.5, 0.6) is 5.88 Å². The molecule has 1 saturated carbocycles. The first-order valence-corrected chi connectivity index (χ1v) is 17.9. The lowest BCUT2D eigenvalue weighted by Crippen LogP contribution is -2.33. The van der Waals surface area contributed by atoms with Gasteiger partial charge in [-0.1, -0.05) is 18.2 Å². The third kappa shape index (κ3) is 6.32. The number of imidazole rings is 1. The lowest BCUT2D eigenvalue weighted by atomic mass is 9.97. The Morgan fingerprint density at radius 2 is 2.00 bits per heavy atom. The van der Waals surface area contributed by atoms with E-state index in [1.165, 1.54) is 6.07 Å². The van der Waals surface area contributed by atoms with Gasteiger partial charge in [0.05, 0.1) is 53.0 Å². The summed E-state index contributed by atoms with van der Waals surface area (Å²) in [5, 5.41) is 15.0. The van der Waals surface area contributed by atoms with Crippen LogP contribution in [0.25, 0.3) is 16.6 Å². The number of ether oxygens (including phenoxy) is 2. The fourth-order valence-corrected chi connectivity index (χ4v) is 7.44. The molecule has 1 saturated heterocycles. The second kappa shape index (κ2) is 13.3. The van der Waals surface area contributed by atoms with E-state index in [1.54, 1.807) is 18.2 Å². The molecular formula is C41H36FN7O4. The number of nitrogens with zero attached hydrogens (tertiary/aromatic N) is 5. The molecule has 4 aliphatic rings. The molecule has 0 unspecified atom stereocenters. The minimum absolute atomic E-state index is 0.0101. The Hall–Kier alpha value is -5.90. The van der Waals surface area contributed by atoms with Crippen LogP contribution in [0.3, 0.4) is 0 Å². The van der Waals surface area contributed by atoms with E-state index >= 15 is 0 Å². The van der Waals surface area contributed by atoms with Gasteiger partial charge in [0, 0.05) is 48.3 Å². The van der Waals surface area contributed by atoms with Crippen molar-refractivity contribution in [3.63, 3.8) is 0 Å². The summed E-state index contributed by atoms with van der Waals surface area (Å²) in [6.45, 7) is 3.60. The van der Waals surface area contributed by atoms with Gasteiger partial charge in [0.1, 0.15) is 18.2 Å². The van der Waals surface area contributed by atoms with Crippen molar-refractivity contribution >= 4 is 39.8 Å². The zero-order chi connectivity index (χ0) is 36.1.